The Balaban J connectivity index is 2.51. The van der Waals surface area contributed by atoms with Crippen molar-refractivity contribution in [3.05, 3.63) is 17.1 Å². The summed E-state index contributed by atoms with van der Waals surface area (Å²) in [4.78, 5) is 8.67. The second kappa shape index (κ2) is 3.53. The van der Waals surface area contributed by atoms with Gasteiger partial charge in [-0.05, 0) is 19.8 Å². The van der Waals surface area contributed by atoms with Gasteiger partial charge in [-0.15, -0.1) is 0 Å². The van der Waals surface area contributed by atoms with Gasteiger partial charge in [0.1, 0.15) is 11.6 Å². The fourth-order valence-electron chi connectivity index (χ4n) is 1.99. The van der Waals surface area contributed by atoms with Gasteiger partial charge >= 0.3 is 0 Å². The van der Waals surface area contributed by atoms with Crippen molar-refractivity contribution in [3.63, 3.8) is 0 Å². The number of hydrogen-bond donors (Lipinski definition) is 2. The van der Waals surface area contributed by atoms with Crippen molar-refractivity contribution in [2.75, 3.05) is 12.3 Å². The number of aromatic nitrogens is 2. The number of nitrogens with zero attached hydrogens (tertiary/aromatic N) is 2. The number of anilines is 1. The molecule has 2 heterocycles. The summed E-state index contributed by atoms with van der Waals surface area (Å²) < 4.78 is 0. The molecule has 2 rings (SSSR count). The summed E-state index contributed by atoms with van der Waals surface area (Å²) in [7, 11) is 0. The molecule has 14 heavy (non-hydrogen) atoms. The zero-order valence-electron chi connectivity index (χ0n) is 8.67. The molecule has 1 aliphatic rings. The van der Waals surface area contributed by atoms with Gasteiger partial charge in [0.2, 0.25) is 0 Å². The Labute approximate surface area is 83.9 Å². The quantitative estimate of drug-likeness (QED) is 0.695. The van der Waals surface area contributed by atoms with E-state index in [0.717, 1.165) is 36.5 Å². The van der Waals surface area contributed by atoms with Gasteiger partial charge in [-0.1, -0.05) is 6.92 Å². The van der Waals surface area contributed by atoms with Crippen LogP contribution in [0.25, 0.3) is 0 Å². The molecule has 0 radical (unpaired) electrons. The van der Waals surface area contributed by atoms with Crippen LogP contribution >= 0.6 is 0 Å². The highest BCUT2D eigenvalue weighted by atomic mass is 15.0. The average Bonchev–Trinajstić information content (AvgIpc) is 2.17. The van der Waals surface area contributed by atoms with Crippen LogP contribution in [0.4, 0.5) is 5.82 Å². The van der Waals surface area contributed by atoms with Gasteiger partial charge in [0.05, 0.1) is 5.69 Å². The summed E-state index contributed by atoms with van der Waals surface area (Å²) in [5.74, 6) is 1.43. The molecule has 1 aliphatic heterocycles. The Morgan fingerprint density at radius 2 is 2.29 bits per heavy atom. The van der Waals surface area contributed by atoms with E-state index in [4.69, 9.17) is 5.73 Å². The maximum absolute atomic E-state index is 5.88. The monoisotopic (exact) mass is 192 g/mol. The zero-order chi connectivity index (χ0) is 10.1. The molecule has 1 atom stereocenters. The molecule has 1 unspecified atom stereocenters. The number of rotatable bonds is 1. The van der Waals surface area contributed by atoms with E-state index >= 15 is 0 Å². The molecule has 1 aromatic rings. The topological polar surface area (TPSA) is 63.8 Å². The summed E-state index contributed by atoms with van der Waals surface area (Å²) >= 11 is 0. The third kappa shape index (κ3) is 1.46. The van der Waals surface area contributed by atoms with Crippen LogP contribution in [0.5, 0.6) is 0 Å². The van der Waals surface area contributed by atoms with Gasteiger partial charge in [-0.2, -0.15) is 0 Å². The van der Waals surface area contributed by atoms with E-state index in [9.17, 15) is 0 Å². The van der Waals surface area contributed by atoms with Crippen LogP contribution < -0.4 is 11.1 Å². The molecule has 0 spiro atoms. The molecule has 0 amide bonds. The third-order valence-corrected chi connectivity index (χ3v) is 2.69. The molecule has 76 valence electrons. The highest BCUT2D eigenvalue weighted by Crippen LogP contribution is 2.26. The van der Waals surface area contributed by atoms with Crippen LogP contribution in [0.2, 0.25) is 0 Å². The second-order valence-corrected chi connectivity index (χ2v) is 3.68. The molecule has 0 bridgehead atoms. The van der Waals surface area contributed by atoms with E-state index in [-0.39, 0.29) is 0 Å². The predicted octanol–water partition coefficient (Wildman–Crippen LogP) is 0.964. The number of nitrogens with one attached hydrogen (secondary N) is 1. The van der Waals surface area contributed by atoms with Gasteiger partial charge in [0, 0.05) is 18.2 Å². The number of aryl methyl sites for hydroxylation is 1. The van der Waals surface area contributed by atoms with Crippen LogP contribution in [0.1, 0.15) is 36.5 Å². The van der Waals surface area contributed by atoms with Crippen LogP contribution in [-0.2, 0) is 6.42 Å². The summed E-state index contributed by atoms with van der Waals surface area (Å²) in [5.41, 5.74) is 8.12. The van der Waals surface area contributed by atoms with Crippen molar-refractivity contribution in [1.29, 1.82) is 0 Å². The molecule has 4 nitrogen and oxygen atoms in total. The molecule has 0 aromatic carbocycles. The number of fused-ring (bicyclic) bond motifs is 1. The first-order valence-corrected chi connectivity index (χ1v) is 5.08. The molecular formula is C10H16N4. The van der Waals surface area contributed by atoms with Crippen LogP contribution in [0.15, 0.2) is 0 Å². The molecule has 1 aromatic heterocycles. The van der Waals surface area contributed by atoms with Crippen molar-refractivity contribution in [3.8, 4) is 0 Å². The zero-order valence-corrected chi connectivity index (χ0v) is 8.67. The van der Waals surface area contributed by atoms with Gasteiger partial charge < -0.3 is 11.1 Å². The van der Waals surface area contributed by atoms with E-state index in [1.807, 2.05) is 6.92 Å². The molecule has 3 N–H and O–H groups in total. The normalized spacial score (nSPS) is 20.6. The van der Waals surface area contributed by atoms with Crippen LogP contribution in [-0.4, -0.2) is 16.5 Å². The summed E-state index contributed by atoms with van der Waals surface area (Å²) in [6, 6.07) is 0.350. The molecule has 0 saturated carbocycles. The van der Waals surface area contributed by atoms with Crippen molar-refractivity contribution in [1.82, 2.24) is 15.3 Å². The fraction of sp³-hybridized carbons (Fsp3) is 0.600. The molecular weight excluding hydrogens is 176 g/mol. The van der Waals surface area contributed by atoms with Crippen molar-refractivity contribution >= 4 is 5.82 Å². The minimum absolute atomic E-state index is 0.350. The first kappa shape index (κ1) is 9.40. The van der Waals surface area contributed by atoms with E-state index < -0.39 is 0 Å². The summed E-state index contributed by atoms with van der Waals surface area (Å²) in [5, 5.41) is 3.43. The van der Waals surface area contributed by atoms with Crippen molar-refractivity contribution < 1.29 is 0 Å². The van der Waals surface area contributed by atoms with E-state index in [2.05, 4.69) is 22.2 Å². The SMILES string of the molecule is CCC1NCCc2c(N)nc(C)nc21. The van der Waals surface area contributed by atoms with Gasteiger partial charge in [0.15, 0.2) is 0 Å². The summed E-state index contributed by atoms with van der Waals surface area (Å²) in [6.07, 6.45) is 1.99. The second-order valence-electron chi connectivity index (χ2n) is 3.68. The molecule has 0 saturated heterocycles. The summed E-state index contributed by atoms with van der Waals surface area (Å²) in [6.45, 7) is 5.01. The standard InChI is InChI=1S/C10H16N4/c1-3-8-9-7(4-5-12-8)10(11)14-6(2)13-9/h8,12H,3-5H2,1-2H3,(H2,11,13,14). The van der Waals surface area contributed by atoms with Gasteiger partial charge in [-0.3, -0.25) is 0 Å². The molecule has 0 aliphatic carbocycles. The smallest absolute Gasteiger partial charge is 0.130 e. The van der Waals surface area contributed by atoms with Gasteiger partial charge in [-0.25, -0.2) is 9.97 Å². The van der Waals surface area contributed by atoms with E-state index in [1.165, 1.54) is 0 Å². The molecule has 4 heteroatoms. The lowest BCUT2D eigenvalue weighted by Gasteiger charge is -2.25. The fourth-order valence-corrected chi connectivity index (χ4v) is 1.99. The maximum Gasteiger partial charge on any atom is 0.130 e. The Kier molecular flexibility index (Phi) is 2.37. The molecule has 0 fully saturated rings. The minimum atomic E-state index is 0.350. The van der Waals surface area contributed by atoms with Crippen molar-refractivity contribution in [2.24, 2.45) is 0 Å². The lowest BCUT2D eigenvalue weighted by Crippen LogP contribution is -2.31. The van der Waals surface area contributed by atoms with Gasteiger partial charge in [0.25, 0.3) is 0 Å². The Morgan fingerprint density at radius 3 is 3.00 bits per heavy atom. The Bertz CT molecular complexity index is 348. The third-order valence-electron chi connectivity index (χ3n) is 2.69. The maximum atomic E-state index is 5.88. The van der Waals surface area contributed by atoms with Crippen LogP contribution in [0, 0.1) is 6.92 Å². The number of nitrogen functional groups attached to an aromatic ring is 1. The van der Waals surface area contributed by atoms with E-state index in [0.29, 0.717) is 11.9 Å². The van der Waals surface area contributed by atoms with E-state index in [1.54, 1.807) is 0 Å². The highest BCUT2D eigenvalue weighted by molar-refractivity contribution is 5.44. The average molecular weight is 192 g/mol. The first-order chi connectivity index (χ1) is 6.72. The predicted molar refractivity (Wildman–Crippen MR) is 55.9 cm³/mol. The largest absolute Gasteiger partial charge is 0.383 e. The van der Waals surface area contributed by atoms with Crippen molar-refractivity contribution in [2.45, 2.75) is 32.7 Å². The van der Waals surface area contributed by atoms with Crippen LogP contribution in [0.3, 0.4) is 0 Å². The highest BCUT2D eigenvalue weighted by Gasteiger charge is 2.22. The lowest BCUT2D eigenvalue weighted by molar-refractivity contribution is 0.477. The Morgan fingerprint density at radius 1 is 1.50 bits per heavy atom. The minimum Gasteiger partial charge on any atom is -0.383 e. The number of hydrogen-bond acceptors (Lipinski definition) is 4. The lowest BCUT2D eigenvalue weighted by atomic mass is 9.98. The first-order valence-electron chi connectivity index (χ1n) is 5.08. The number of nitrogens with two attached hydrogens (primary N) is 1. The Hall–Kier alpha value is -1.16.